The Balaban J connectivity index is 1.57. The molecule has 0 aromatic heterocycles. The molecule has 2 amide bonds. The summed E-state index contributed by atoms with van der Waals surface area (Å²) in [6.07, 6.45) is 11.6. The predicted octanol–water partition coefficient (Wildman–Crippen LogP) is 6.12. The largest absolute Gasteiger partial charge is 0.491 e. The Labute approximate surface area is 216 Å². The van der Waals surface area contributed by atoms with Gasteiger partial charge in [-0.25, -0.2) is 0 Å². The predicted molar refractivity (Wildman–Crippen MR) is 144 cm³/mol. The number of rotatable bonds is 5. The highest BCUT2D eigenvalue weighted by Crippen LogP contribution is 2.29. The first-order chi connectivity index (χ1) is 17.6. The lowest BCUT2D eigenvalue weighted by Gasteiger charge is -2.33. The van der Waals surface area contributed by atoms with Crippen LogP contribution in [-0.2, 0) is 11.2 Å². The topological polar surface area (TPSA) is 49.9 Å². The van der Waals surface area contributed by atoms with Gasteiger partial charge >= 0.3 is 0 Å². The number of hydrogen-bond donors (Lipinski definition) is 0. The van der Waals surface area contributed by atoms with E-state index in [1.807, 2.05) is 37.4 Å². The lowest BCUT2D eigenvalue weighted by molar-refractivity contribution is -0.134. The van der Waals surface area contributed by atoms with Gasteiger partial charge in [-0.15, -0.1) is 0 Å². The second-order valence-electron chi connectivity index (χ2n) is 10.6. The second-order valence-corrected chi connectivity index (χ2v) is 10.6. The van der Waals surface area contributed by atoms with Gasteiger partial charge in [-0.1, -0.05) is 81.0 Å². The van der Waals surface area contributed by atoms with Crippen molar-refractivity contribution in [3.05, 3.63) is 65.7 Å². The molecular weight excluding hydrogens is 448 g/mol. The van der Waals surface area contributed by atoms with Gasteiger partial charge in [-0.2, -0.15) is 0 Å². The molecule has 2 aromatic carbocycles. The Morgan fingerprint density at radius 2 is 1.58 bits per heavy atom. The molecule has 2 aromatic rings. The van der Waals surface area contributed by atoms with E-state index >= 15 is 0 Å². The van der Waals surface area contributed by atoms with Gasteiger partial charge in [-0.05, 0) is 49.3 Å². The molecule has 0 radical (unpaired) electrons. The molecule has 1 aliphatic heterocycles. The van der Waals surface area contributed by atoms with Crippen LogP contribution >= 0.6 is 0 Å². The molecule has 2 aliphatic rings. The summed E-state index contributed by atoms with van der Waals surface area (Å²) in [4.78, 5) is 30.7. The molecule has 0 N–H and O–H groups in total. The standard InChI is InChI=1S/C31H42N2O3/c1-32-21-11-2-3-12-22-33(30(34)20-19-25-13-7-8-14-25)27(23-26-15-5-4-6-16-26)24-36-29-18-10-9-17-28(29)31(32)35/h4-6,9-10,15-18,25,27H,2-3,7-8,11-14,19-24H2,1H3/t27-/m0/s1. The smallest absolute Gasteiger partial charge is 0.257 e. The van der Waals surface area contributed by atoms with Crippen molar-refractivity contribution in [3.8, 4) is 5.75 Å². The van der Waals surface area contributed by atoms with E-state index in [4.69, 9.17) is 4.74 Å². The van der Waals surface area contributed by atoms with E-state index in [0.717, 1.165) is 51.6 Å². The maximum Gasteiger partial charge on any atom is 0.257 e. The normalized spacial score (nSPS) is 20.5. The van der Waals surface area contributed by atoms with Crippen molar-refractivity contribution < 1.29 is 14.3 Å². The van der Waals surface area contributed by atoms with Crippen LogP contribution < -0.4 is 4.74 Å². The number of amides is 2. The summed E-state index contributed by atoms with van der Waals surface area (Å²) in [5, 5.41) is 0. The molecule has 194 valence electrons. The molecule has 1 heterocycles. The van der Waals surface area contributed by atoms with E-state index in [-0.39, 0.29) is 17.9 Å². The molecule has 36 heavy (non-hydrogen) atoms. The highest BCUT2D eigenvalue weighted by molar-refractivity contribution is 5.96. The molecule has 1 saturated carbocycles. The van der Waals surface area contributed by atoms with Crippen LogP contribution in [-0.4, -0.2) is 54.4 Å². The maximum absolute atomic E-state index is 13.6. The van der Waals surface area contributed by atoms with Crippen LogP contribution in [0.5, 0.6) is 5.75 Å². The number of hydrogen-bond acceptors (Lipinski definition) is 3. The number of ether oxygens (including phenoxy) is 1. The van der Waals surface area contributed by atoms with E-state index < -0.39 is 0 Å². The first kappa shape index (κ1) is 26.2. The summed E-state index contributed by atoms with van der Waals surface area (Å²) in [7, 11) is 1.87. The summed E-state index contributed by atoms with van der Waals surface area (Å²) in [5.41, 5.74) is 1.79. The zero-order chi connectivity index (χ0) is 25.2. The molecule has 0 spiro atoms. The van der Waals surface area contributed by atoms with Crippen LogP contribution in [0, 0.1) is 5.92 Å². The lowest BCUT2D eigenvalue weighted by atomic mass is 9.99. The molecule has 0 unspecified atom stereocenters. The SMILES string of the molecule is CN1CCCCCCN(C(=O)CCC2CCCC2)[C@@H](Cc2ccccc2)COc2ccccc2C1=O. The van der Waals surface area contributed by atoms with Gasteiger partial charge in [0.25, 0.3) is 5.91 Å². The third-order valence-electron chi connectivity index (χ3n) is 7.85. The van der Waals surface area contributed by atoms with Crippen molar-refractivity contribution in [1.29, 1.82) is 0 Å². The van der Waals surface area contributed by atoms with Crippen LogP contribution in [0.15, 0.2) is 54.6 Å². The van der Waals surface area contributed by atoms with Crippen LogP contribution in [0.2, 0.25) is 0 Å². The fourth-order valence-electron chi connectivity index (χ4n) is 5.67. The van der Waals surface area contributed by atoms with Crippen LogP contribution in [0.3, 0.4) is 0 Å². The Hall–Kier alpha value is -2.82. The highest BCUT2D eigenvalue weighted by Gasteiger charge is 2.27. The lowest BCUT2D eigenvalue weighted by Crippen LogP contribution is -2.45. The van der Waals surface area contributed by atoms with Gasteiger partial charge in [-0.3, -0.25) is 9.59 Å². The molecule has 0 bridgehead atoms. The van der Waals surface area contributed by atoms with Crippen molar-refractivity contribution >= 4 is 11.8 Å². The first-order valence-corrected chi connectivity index (χ1v) is 13.9. The van der Waals surface area contributed by atoms with Crippen LogP contribution in [0.1, 0.15) is 80.1 Å². The Morgan fingerprint density at radius 3 is 2.36 bits per heavy atom. The molecule has 4 rings (SSSR count). The van der Waals surface area contributed by atoms with Crippen molar-refractivity contribution in [2.75, 3.05) is 26.7 Å². The molecule has 1 aliphatic carbocycles. The van der Waals surface area contributed by atoms with Crippen molar-refractivity contribution in [1.82, 2.24) is 9.80 Å². The molecule has 1 fully saturated rings. The van der Waals surface area contributed by atoms with Crippen molar-refractivity contribution in [3.63, 3.8) is 0 Å². The zero-order valence-electron chi connectivity index (χ0n) is 21.9. The minimum absolute atomic E-state index is 0.00763. The van der Waals surface area contributed by atoms with E-state index in [9.17, 15) is 9.59 Å². The second kappa shape index (κ2) is 13.5. The average molecular weight is 491 g/mol. The number of para-hydroxylation sites is 1. The average Bonchev–Trinajstić information content (AvgIpc) is 3.43. The van der Waals surface area contributed by atoms with Gasteiger partial charge in [0.1, 0.15) is 12.4 Å². The Morgan fingerprint density at radius 1 is 0.889 bits per heavy atom. The van der Waals surface area contributed by atoms with E-state index in [0.29, 0.717) is 30.3 Å². The van der Waals surface area contributed by atoms with Crippen molar-refractivity contribution in [2.45, 2.75) is 76.7 Å². The minimum Gasteiger partial charge on any atom is -0.491 e. The van der Waals surface area contributed by atoms with E-state index in [1.54, 1.807) is 4.90 Å². The number of benzene rings is 2. The Bertz CT molecular complexity index is 971. The van der Waals surface area contributed by atoms with Gasteiger partial charge in [0.05, 0.1) is 11.6 Å². The number of carbonyl (C=O) groups is 2. The summed E-state index contributed by atoms with van der Waals surface area (Å²) in [6, 6.07) is 17.8. The van der Waals surface area contributed by atoms with Gasteiger partial charge in [0.15, 0.2) is 0 Å². The van der Waals surface area contributed by atoms with E-state index in [2.05, 4.69) is 29.2 Å². The van der Waals surface area contributed by atoms with Gasteiger partial charge < -0.3 is 14.5 Å². The zero-order valence-corrected chi connectivity index (χ0v) is 21.9. The maximum atomic E-state index is 13.6. The third kappa shape index (κ3) is 7.35. The summed E-state index contributed by atoms with van der Waals surface area (Å²) in [5.74, 6) is 1.55. The third-order valence-corrected chi connectivity index (χ3v) is 7.85. The highest BCUT2D eigenvalue weighted by atomic mass is 16.5. The molecule has 5 heteroatoms. The van der Waals surface area contributed by atoms with Gasteiger partial charge in [0.2, 0.25) is 5.91 Å². The fraction of sp³-hybridized carbons (Fsp3) is 0.548. The Kier molecular flexibility index (Phi) is 9.83. The minimum atomic E-state index is -0.0766. The number of fused-ring (bicyclic) bond motifs is 1. The van der Waals surface area contributed by atoms with E-state index in [1.165, 1.54) is 31.2 Å². The quantitative estimate of drug-likeness (QED) is 0.507. The van der Waals surface area contributed by atoms with Crippen molar-refractivity contribution in [2.24, 2.45) is 5.92 Å². The monoisotopic (exact) mass is 490 g/mol. The molecule has 0 saturated heterocycles. The number of carbonyl (C=O) groups excluding carboxylic acids is 2. The van der Waals surface area contributed by atoms with Crippen LogP contribution in [0.25, 0.3) is 0 Å². The van der Waals surface area contributed by atoms with Gasteiger partial charge in [0, 0.05) is 26.6 Å². The molecule has 1 atom stereocenters. The molecule has 5 nitrogen and oxygen atoms in total. The number of nitrogens with zero attached hydrogens (tertiary/aromatic N) is 2. The summed E-state index contributed by atoms with van der Waals surface area (Å²) in [6.45, 7) is 1.87. The molecular formula is C31H42N2O3. The summed E-state index contributed by atoms with van der Waals surface area (Å²) >= 11 is 0. The van der Waals surface area contributed by atoms with Crippen LogP contribution in [0.4, 0.5) is 0 Å². The summed E-state index contributed by atoms with van der Waals surface area (Å²) < 4.78 is 6.35. The first-order valence-electron chi connectivity index (χ1n) is 13.9. The fourth-order valence-corrected chi connectivity index (χ4v) is 5.67.